The Morgan fingerprint density at radius 1 is 0.871 bits per heavy atom. The fraction of sp³-hybridized carbons (Fsp3) is 0.409. The van der Waals surface area contributed by atoms with Gasteiger partial charge < -0.3 is 10.2 Å². The number of benzene rings is 2. The van der Waals surface area contributed by atoms with Gasteiger partial charge in [0.15, 0.2) is 0 Å². The molecule has 0 aliphatic carbocycles. The summed E-state index contributed by atoms with van der Waals surface area (Å²) in [6.07, 6.45) is 2.44. The Balaban J connectivity index is 1.26. The molecule has 0 aromatic heterocycles. The second-order valence-electron chi connectivity index (χ2n) is 7.92. The summed E-state index contributed by atoms with van der Waals surface area (Å²) in [7, 11) is -3.66. The summed E-state index contributed by atoms with van der Waals surface area (Å²) >= 11 is 0. The maximum atomic E-state index is 13.1. The van der Waals surface area contributed by atoms with Crippen LogP contribution < -0.4 is 10.2 Å². The number of nitrogens with one attached hydrogen (secondary N) is 1. The Kier molecular flexibility index (Phi) is 6.54. The molecule has 2 heterocycles. The first kappa shape index (κ1) is 21.7. The van der Waals surface area contributed by atoms with E-state index in [9.17, 15) is 17.6 Å². The molecular formula is C22H27FN4O3S. The molecule has 2 fully saturated rings. The SMILES string of the molecule is O=C(CN1CCN(S(=O)(=O)c2ccc(F)cc2)CC1)Nc1ccc(N2CCCC2)cc1. The minimum atomic E-state index is -3.66. The number of carbonyl (C=O) groups excluding carboxylic acids is 1. The molecule has 9 heteroatoms. The van der Waals surface area contributed by atoms with Gasteiger partial charge in [-0.2, -0.15) is 4.31 Å². The van der Waals surface area contributed by atoms with Crippen LogP contribution in [0.15, 0.2) is 53.4 Å². The number of nitrogens with zero attached hydrogens (tertiary/aromatic N) is 3. The highest BCUT2D eigenvalue weighted by Gasteiger charge is 2.29. The van der Waals surface area contributed by atoms with Crippen LogP contribution in [-0.4, -0.2) is 69.3 Å². The molecule has 0 saturated carbocycles. The number of anilines is 2. The average molecular weight is 447 g/mol. The van der Waals surface area contributed by atoms with E-state index < -0.39 is 15.8 Å². The number of carbonyl (C=O) groups is 1. The van der Waals surface area contributed by atoms with Crippen LogP contribution in [0, 0.1) is 5.82 Å². The predicted molar refractivity (Wildman–Crippen MR) is 118 cm³/mol. The molecule has 2 aliphatic rings. The average Bonchev–Trinajstić information content (AvgIpc) is 3.30. The van der Waals surface area contributed by atoms with Crippen LogP contribution >= 0.6 is 0 Å². The first-order valence-corrected chi connectivity index (χ1v) is 12.0. The van der Waals surface area contributed by atoms with Gasteiger partial charge in [0.1, 0.15) is 5.82 Å². The summed E-state index contributed by atoms with van der Waals surface area (Å²) in [5, 5.41) is 2.91. The lowest BCUT2D eigenvalue weighted by atomic mass is 10.2. The van der Waals surface area contributed by atoms with E-state index in [1.54, 1.807) is 0 Å². The van der Waals surface area contributed by atoms with E-state index in [0.29, 0.717) is 13.1 Å². The van der Waals surface area contributed by atoms with Crippen molar-refractivity contribution in [2.24, 2.45) is 0 Å². The third-order valence-electron chi connectivity index (χ3n) is 5.77. The molecule has 31 heavy (non-hydrogen) atoms. The molecule has 166 valence electrons. The molecule has 2 aromatic carbocycles. The summed E-state index contributed by atoms with van der Waals surface area (Å²) < 4.78 is 39.8. The molecule has 1 N–H and O–H groups in total. The van der Waals surface area contributed by atoms with Crippen LogP contribution in [0.25, 0.3) is 0 Å². The van der Waals surface area contributed by atoms with E-state index in [0.717, 1.165) is 30.9 Å². The van der Waals surface area contributed by atoms with Gasteiger partial charge >= 0.3 is 0 Å². The second-order valence-corrected chi connectivity index (χ2v) is 9.86. The Morgan fingerprint density at radius 3 is 2.10 bits per heavy atom. The van der Waals surface area contributed by atoms with Gasteiger partial charge in [0, 0.05) is 50.6 Å². The van der Waals surface area contributed by atoms with Crippen LogP contribution in [-0.2, 0) is 14.8 Å². The maximum Gasteiger partial charge on any atom is 0.243 e. The molecule has 7 nitrogen and oxygen atoms in total. The lowest BCUT2D eigenvalue weighted by Gasteiger charge is -2.33. The summed E-state index contributed by atoms with van der Waals surface area (Å²) in [6.45, 7) is 3.86. The van der Waals surface area contributed by atoms with Gasteiger partial charge in [0.05, 0.1) is 11.4 Å². The first-order chi connectivity index (χ1) is 14.9. The molecule has 0 radical (unpaired) electrons. The lowest BCUT2D eigenvalue weighted by molar-refractivity contribution is -0.117. The largest absolute Gasteiger partial charge is 0.372 e. The van der Waals surface area contributed by atoms with E-state index in [1.165, 1.54) is 35.0 Å². The Labute approximate surface area is 182 Å². The summed E-state index contributed by atoms with van der Waals surface area (Å²) in [5.74, 6) is -0.593. The molecule has 2 aliphatic heterocycles. The number of amides is 1. The van der Waals surface area contributed by atoms with Gasteiger partial charge in [-0.1, -0.05) is 0 Å². The third-order valence-corrected chi connectivity index (χ3v) is 7.69. The molecule has 0 unspecified atom stereocenters. The standard InChI is InChI=1S/C22H27FN4O3S/c23-18-3-9-21(10-4-18)31(29,30)27-15-13-25(14-16-27)17-22(28)24-19-5-7-20(8-6-19)26-11-1-2-12-26/h3-10H,1-2,11-17H2,(H,24,28). The van der Waals surface area contributed by atoms with Crippen molar-refractivity contribution in [1.29, 1.82) is 0 Å². The van der Waals surface area contributed by atoms with E-state index in [-0.39, 0.29) is 30.4 Å². The van der Waals surface area contributed by atoms with Crippen LogP contribution in [0.2, 0.25) is 0 Å². The van der Waals surface area contributed by atoms with Crippen molar-refractivity contribution in [3.8, 4) is 0 Å². The summed E-state index contributed by atoms with van der Waals surface area (Å²) in [5.41, 5.74) is 1.93. The van der Waals surface area contributed by atoms with Crippen molar-refractivity contribution < 1.29 is 17.6 Å². The Hall–Kier alpha value is -2.49. The fourth-order valence-corrected chi connectivity index (χ4v) is 5.44. The Morgan fingerprint density at radius 2 is 1.48 bits per heavy atom. The monoisotopic (exact) mass is 446 g/mol. The maximum absolute atomic E-state index is 13.1. The van der Waals surface area contributed by atoms with Gasteiger partial charge in [0.2, 0.25) is 15.9 Å². The molecule has 2 saturated heterocycles. The van der Waals surface area contributed by atoms with E-state index >= 15 is 0 Å². The highest BCUT2D eigenvalue weighted by Crippen LogP contribution is 2.22. The number of rotatable bonds is 6. The van der Waals surface area contributed by atoms with Crippen molar-refractivity contribution in [2.45, 2.75) is 17.7 Å². The number of hydrogen-bond acceptors (Lipinski definition) is 5. The van der Waals surface area contributed by atoms with Crippen LogP contribution in [0.4, 0.5) is 15.8 Å². The zero-order valence-electron chi connectivity index (χ0n) is 17.3. The van der Waals surface area contributed by atoms with Crippen molar-refractivity contribution in [2.75, 3.05) is 56.0 Å². The topological polar surface area (TPSA) is 73.0 Å². The third kappa shape index (κ3) is 5.23. The minimum Gasteiger partial charge on any atom is -0.372 e. The van der Waals surface area contributed by atoms with E-state index in [2.05, 4.69) is 10.2 Å². The zero-order chi connectivity index (χ0) is 21.8. The first-order valence-electron chi connectivity index (χ1n) is 10.5. The molecular weight excluding hydrogens is 419 g/mol. The van der Waals surface area contributed by atoms with Crippen molar-refractivity contribution in [3.63, 3.8) is 0 Å². The quantitative estimate of drug-likeness (QED) is 0.738. The predicted octanol–water partition coefficient (Wildman–Crippen LogP) is 2.37. The van der Waals surface area contributed by atoms with Crippen molar-refractivity contribution in [1.82, 2.24) is 9.21 Å². The number of piperazine rings is 1. The highest BCUT2D eigenvalue weighted by atomic mass is 32.2. The van der Waals surface area contributed by atoms with Gasteiger partial charge in [0.25, 0.3) is 0 Å². The lowest BCUT2D eigenvalue weighted by Crippen LogP contribution is -2.50. The smallest absolute Gasteiger partial charge is 0.243 e. The van der Waals surface area contributed by atoms with E-state index in [4.69, 9.17) is 0 Å². The molecule has 0 spiro atoms. The van der Waals surface area contributed by atoms with Gasteiger partial charge in [-0.3, -0.25) is 9.69 Å². The molecule has 1 amide bonds. The molecule has 0 bridgehead atoms. The van der Waals surface area contributed by atoms with Gasteiger partial charge in [-0.05, 0) is 61.4 Å². The highest BCUT2D eigenvalue weighted by molar-refractivity contribution is 7.89. The summed E-state index contributed by atoms with van der Waals surface area (Å²) in [4.78, 5) is 16.8. The van der Waals surface area contributed by atoms with Gasteiger partial charge in [-0.25, -0.2) is 12.8 Å². The van der Waals surface area contributed by atoms with Gasteiger partial charge in [-0.15, -0.1) is 0 Å². The number of hydrogen-bond donors (Lipinski definition) is 1. The molecule has 0 atom stereocenters. The molecule has 4 rings (SSSR count). The van der Waals surface area contributed by atoms with Crippen LogP contribution in [0.3, 0.4) is 0 Å². The van der Waals surface area contributed by atoms with Crippen molar-refractivity contribution >= 4 is 27.3 Å². The normalized spacial score (nSPS) is 18.3. The Bertz CT molecular complexity index is 998. The fourth-order valence-electron chi connectivity index (χ4n) is 4.02. The molecule has 2 aromatic rings. The summed E-state index contributed by atoms with van der Waals surface area (Å²) in [6, 6.07) is 12.7. The van der Waals surface area contributed by atoms with Crippen LogP contribution in [0.1, 0.15) is 12.8 Å². The van der Waals surface area contributed by atoms with Crippen molar-refractivity contribution in [3.05, 3.63) is 54.3 Å². The number of halogens is 1. The van der Waals surface area contributed by atoms with E-state index in [1.807, 2.05) is 29.2 Å². The van der Waals surface area contributed by atoms with Crippen LogP contribution in [0.5, 0.6) is 0 Å². The zero-order valence-corrected chi connectivity index (χ0v) is 18.2. The second kappa shape index (κ2) is 9.33. The number of sulfonamides is 1. The minimum absolute atomic E-state index is 0.0810.